The molecule has 2 aromatic carbocycles. The Balaban J connectivity index is 0.874. The summed E-state index contributed by atoms with van der Waals surface area (Å²) in [6, 6.07) is 4.39. The number of nitrogens with one attached hydrogen (secondary N) is 4. The maximum Gasteiger partial charge on any atom is 0.481 e. The van der Waals surface area contributed by atoms with Gasteiger partial charge in [0.05, 0.1) is 64.0 Å². The first-order valence-corrected chi connectivity index (χ1v) is 25.4. The Hall–Kier alpha value is -7.44. The van der Waals surface area contributed by atoms with Crippen LogP contribution in [0, 0.1) is 44.2 Å². The highest BCUT2D eigenvalue weighted by Gasteiger charge is 2.46. The molecule has 11 N–H and O–H groups in total. The minimum atomic E-state index is -5.65. The van der Waals surface area contributed by atoms with Crippen molar-refractivity contribution in [3.05, 3.63) is 99.2 Å². The van der Waals surface area contributed by atoms with E-state index in [1.807, 2.05) is 4.98 Å². The van der Waals surface area contributed by atoms with E-state index in [0.717, 1.165) is 23.8 Å². The van der Waals surface area contributed by atoms with Crippen LogP contribution >= 0.6 is 15.6 Å². The topological polar surface area (TPSA) is 519 Å². The van der Waals surface area contributed by atoms with Gasteiger partial charge in [0.1, 0.15) is 43.0 Å². The van der Waals surface area contributed by atoms with Crippen molar-refractivity contribution in [1.29, 1.82) is 0 Å². The summed E-state index contributed by atoms with van der Waals surface area (Å²) in [5.74, 6) is -0.629. The second-order valence-corrected chi connectivity index (χ2v) is 20.0. The van der Waals surface area contributed by atoms with Gasteiger partial charge in [-0.1, -0.05) is 0 Å². The highest BCUT2D eigenvalue weighted by atomic mass is 31.3. The predicted molar refractivity (Wildman–Crippen MR) is 258 cm³/mol. The molecule has 1 saturated heterocycles. The number of hydrogen-bond donors (Lipinski definition) is 11. The van der Waals surface area contributed by atoms with Crippen molar-refractivity contribution >= 4 is 72.3 Å². The Bertz CT molecular complexity index is 3400. The van der Waals surface area contributed by atoms with Gasteiger partial charge in [-0.2, -0.15) is 9.29 Å². The molecule has 4 aromatic rings. The van der Waals surface area contributed by atoms with Gasteiger partial charge in [0.25, 0.3) is 11.2 Å². The van der Waals surface area contributed by atoms with Crippen LogP contribution in [0.25, 0.3) is 33.7 Å². The summed E-state index contributed by atoms with van der Waals surface area (Å²) in [4.78, 5) is 111. The van der Waals surface area contributed by atoms with Gasteiger partial charge in [0.15, 0.2) is 40.4 Å². The molecule has 2 unspecified atom stereocenters. The highest BCUT2D eigenvalue weighted by Crippen LogP contribution is 2.60. The normalized spacial score (nSPS) is 19.3. The number of aliphatic hydroxyl groups is 5. The van der Waals surface area contributed by atoms with E-state index in [9.17, 15) is 89.2 Å². The fourth-order valence-electron chi connectivity index (χ4n) is 7.77. The average molecular weight is 1120 g/mol. The maximum atomic E-state index is 12.8. The molecule has 36 nitrogen and oxygen atoms in total. The van der Waals surface area contributed by atoms with E-state index in [-0.39, 0.29) is 72.0 Å². The molecular formula is C39H46N14O22P2. The molecule has 0 bridgehead atoms. The summed E-state index contributed by atoms with van der Waals surface area (Å²) in [7, 11) is -11.3. The molecule has 0 spiro atoms. The number of ether oxygens (including phenoxy) is 1. The fourth-order valence-corrected chi connectivity index (χ4v) is 9.87. The van der Waals surface area contributed by atoms with Crippen molar-refractivity contribution in [3.63, 3.8) is 0 Å². The number of H-pyrrole nitrogens is 1. The van der Waals surface area contributed by atoms with Crippen LogP contribution in [0.2, 0.25) is 0 Å². The van der Waals surface area contributed by atoms with Crippen LogP contribution in [-0.4, -0.2) is 165 Å². The third-order valence-corrected chi connectivity index (χ3v) is 14.3. The van der Waals surface area contributed by atoms with Gasteiger partial charge in [0.2, 0.25) is 5.91 Å². The molecule has 0 radical (unpaired) electrons. The number of nitro groups is 3. The zero-order valence-electron chi connectivity index (χ0n) is 39.8. The van der Waals surface area contributed by atoms with Crippen molar-refractivity contribution in [1.82, 2.24) is 44.4 Å². The van der Waals surface area contributed by atoms with Crippen LogP contribution in [0.3, 0.4) is 0 Å². The first kappa shape index (κ1) is 57.3. The number of carbonyl (C=O) groups is 1. The van der Waals surface area contributed by atoms with E-state index in [1.54, 1.807) is 26.0 Å². The number of phosphoric ester groups is 2. The number of aromatic nitrogens is 8. The quantitative estimate of drug-likeness (QED) is 0.0109. The van der Waals surface area contributed by atoms with Crippen LogP contribution in [0.4, 0.5) is 28.6 Å². The lowest BCUT2D eigenvalue weighted by atomic mass is 10.1. The van der Waals surface area contributed by atoms with Gasteiger partial charge in [-0.25, -0.2) is 33.9 Å². The first-order valence-electron chi connectivity index (χ1n) is 22.4. The monoisotopic (exact) mass is 1120 g/mol. The summed E-state index contributed by atoms with van der Waals surface area (Å²) in [6.07, 6.45) is -10.8. The molecule has 9 atom stereocenters. The summed E-state index contributed by atoms with van der Waals surface area (Å²) in [5, 5.41) is 96.2. The molecule has 3 aliphatic rings. The number of imidazole rings is 1. The second kappa shape index (κ2) is 23.4. The van der Waals surface area contributed by atoms with Crippen LogP contribution < -0.4 is 27.2 Å². The van der Waals surface area contributed by atoms with E-state index in [1.165, 1.54) is 9.13 Å². The Morgan fingerprint density at radius 1 is 0.870 bits per heavy atom. The van der Waals surface area contributed by atoms with Gasteiger partial charge in [-0.3, -0.25) is 58.5 Å². The number of hydrogen-bond acceptors (Lipinski definition) is 27. The Kier molecular flexibility index (Phi) is 17.4. The SMILES string of the molecule is Cc1cc2nc3c(=O)[nH]c(=O)nc-3n(C[C@H](O)[C@H](O)[C@H](O)COP(=O)(O)OP(=O)(O)OC[C@H]3O[C@@H](n4cnc5c(NCCNC(=O)CCCNc6c([N+](=O)[O-])cc([N+](=O)[O-])cc6[N+](=O)[O-])ncnc54)[C@H](O)[C@@H]3O)c2cc1C. The molecule has 2 aromatic heterocycles. The molecule has 5 heterocycles. The zero-order valence-corrected chi connectivity index (χ0v) is 41.6. The van der Waals surface area contributed by atoms with Crippen molar-refractivity contribution in [3.8, 4) is 11.5 Å². The number of phosphoric acid groups is 2. The predicted octanol–water partition coefficient (Wildman–Crippen LogP) is -0.861. The fraction of sp³-hybridized carbons (Fsp3) is 0.436. The van der Waals surface area contributed by atoms with Crippen LogP contribution in [0.15, 0.2) is 46.5 Å². The largest absolute Gasteiger partial charge is 0.481 e. The standard InChI is InChI=1S/C39H46N14O22P2/c1-17-8-20-21(9-18(17)2)49(36-30(46-20)37(60)48-39(61)47-36)12-24(54)31(57)25(55)13-72-76(68,69)75-77(70,71)73-14-26-32(58)33(59)38(74-26)50-16-45-29-34(43-15-44-35(29)50)42-7-6-40-27(56)4-3-5-41-28-22(52(64)65)10-19(51(62)63)11-23(28)53(66)67/h8-11,15-16,24-26,31-33,38,41,54-55,57-59H,3-7,12-14H2,1-2H3,(H,40,56)(H,68,69)(H,70,71)(H,42,43,44)(H,48,60,61)/t24-,25+,26+,31-,32+,33+,38+/m0/s1. The molecular weight excluding hydrogens is 1080 g/mol. The van der Waals surface area contributed by atoms with Crippen molar-refractivity contribution in [2.45, 2.75) is 76.1 Å². The lowest BCUT2D eigenvalue weighted by Gasteiger charge is -2.26. The number of rotatable bonds is 25. The van der Waals surface area contributed by atoms with E-state index in [2.05, 4.69) is 49.7 Å². The number of nitro benzene ring substituents is 3. The van der Waals surface area contributed by atoms with E-state index in [0.29, 0.717) is 12.1 Å². The van der Waals surface area contributed by atoms with E-state index < -0.39 is 133 Å². The molecule has 7 rings (SSSR count). The lowest BCUT2D eigenvalue weighted by Crippen LogP contribution is -2.42. The minimum absolute atomic E-state index is 0.0141. The summed E-state index contributed by atoms with van der Waals surface area (Å²) in [5.41, 5.74) is -3.26. The first-order chi connectivity index (χ1) is 36.2. The van der Waals surface area contributed by atoms with Gasteiger partial charge in [0, 0.05) is 26.1 Å². The number of benzene rings is 2. The van der Waals surface area contributed by atoms with Gasteiger partial charge in [-0.05, 0) is 43.5 Å². The smallest absolute Gasteiger partial charge is 0.388 e. The van der Waals surface area contributed by atoms with Crippen LogP contribution in [0.5, 0.6) is 0 Å². The van der Waals surface area contributed by atoms with Gasteiger partial charge in [-0.15, -0.1) is 0 Å². The Morgan fingerprint density at radius 3 is 2.22 bits per heavy atom. The number of carbonyl (C=O) groups excluding carboxylic acids is 1. The third-order valence-electron chi connectivity index (χ3n) is 11.7. The molecule has 414 valence electrons. The molecule has 0 saturated carbocycles. The highest BCUT2D eigenvalue weighted by molar-refractivity contribution is 7.61. The molecule has 1 amide bonds. The van der Waals surface area contributed by atoms with Gasteiger partial charge < -0.3 is 60.6 Å². The van der Waals surface area contributed by atoms with Crippen molar-refractivity contribution in [2.75, 3.05) is 43.5 Å². The number of nitrogens with zero attached hydrogens (tertiary/aromatic N) is 10. The summed E-state index contributed by atoms with van der Waals surface area (Å²) < 4.78 is 47.2. The zero-order chi connectivity index (χ0) is 56.3. The molecule has 38 heteroatoms. The van der Waals surface area contributed by atoms with E-state index >= 15 is 0 Å². The number of fused-ring (bicyclic) bond motifs is 3. The lowest BCUT2D eigenvalue weighted by molar-refractivity contribution is -0.401. The maximum absolute atomic E-state index is 12.8. The number of anilines is 2. The van der Waals surface area contributed by atoms with Gasteiger partial charge >= 0.3 is 32.7 Å². The van der Waals surface area contributed by atoms with Crippen molar-refractivity contribution < 1.29 is 82.1 Å². The third kappa shape index (κ3) is 13.2. The number of aryl methyl sites for hydroxylation is 2. The minimum Gasteiger partial charge on any atom is -0.388 e. The molecule has 0 aliphatic carbocycles. The number of aromatic amines is 1. The molecule has 1 fully saturated rings. The number of aliphatic hydroxyl groups excluding tert-OH is 5. The Labute approximate surface area is 428 Å². The van der Waals surface area contributed by atoms with Crippen LogP contribution in [-0.2, 0) is 38.6 Å². The summed E-state index contributed by atoms with van der Waals surface area (Å²) >= 11 is 0. The number of non-ortho nitro benzene ring substituents is 1. The second-order valence-electron chi connectivity index (χ2n) is 17.0. The molecule has 3 aliphatic heterocycles. The van der Waals surface area contributed by atoms with Crippen LogP contribution in [0.1, 0.15) is 30.2 Å². The van der Waals surface area contributed by atoms with E-state index in [4.69, 9.17) is 9.26 Å². The number of amides is 1. The summed E-state index contributed by atoms with van der Waals surface area (Å²) in [6.45, 7) is 0.462. The average Bonchev–Trinajstić information content (AvgIpc) is 3.95. The molecule has 77 heavy (non-hydrogen) atoms. The Morgan fingerprint density at radius 2 is 1.55 bits per heavy atom. The van der Waals surface area contributed by atoms with Crippen molar-refractivity contribution in [2.24, 2.45) is 0 Å².